The third-order valence-electron chi connectivity index (χ3n) is 4.94. The van der Waals surface area contributed by atoms with E-state index in [1.165, 1.54) is 12.8 Å². The van der Waals surface area contributed by atoms with Crippen LogP contribution >= 0.6 is 0 Å². The molecule has 3 atom stereocenters. The molecule has 3 aliphatic rings. The van der Waals surface area contributed by atoms with Crippen molar-refractivity contribution in [2.75, 3.05) is 19.6 Å². The molecule has 2 aliphatic heterocycles. The highest BCUT2D eigenvalue weighted by atomic mass is 16.4. The van der Waals surface area contributed by atoms with Crippen LogP contribution in [0.15, 0.2) is 0 Å². The molecule has 3 fully saturated rings. The lowest BCUT2D eigenvalue weighted by Crippen LogP contribution is -2.48. The molecule has 1 aliphatic carbocycles. The molecular weight excluding hydrogens is 258 g/mol. The van der Waals surface area contributed by atoms with Gasteiger partial charge < -0.3 is 15.3 Å². The number of nitrogens with one attached hydrogen (secondary N) is 1. The molecule has 1 saturated carbocycles. The minimum Gasteiger partial charge on any atom is -0.481 e. The standard InChI is InChI=1S/C14H23N3O3/c1-9-12(13(18)19)5-7-17(9)14(20)15-10-4-6-16(8-10)11-2-3-11/h9-12H,2-8H2,1H3,(H,15,20)(H,18,19). The maximum absolute atomic E-state index is 12.3. The molecule has 6 heteroatoms. The van der Waals surface area contributed by atoms with Crippen LogP contribution in [-0.4, -0.2) is 64.7 Å². The van der Waals surface area contributed by atoms with Crippen LogP contribution in [0.1, 0.15) is 32.6 Å². The monoisotopic (exact) mass is 281 g/mol. The second-order valence-corrected chi connectivity index (χ2v) is 6.33. The molecule has 2 heterocycles. The smallest absolute Gasteiger partial charge is 0.317 e. The van der Waals surface area contributed by atoms with Crippen molar-refractivity contribution in [3.63, 3.8) is 0 Å². The summed E-state index contributed by atoms with van der Waals surface area (Å²) >= 11 is 0. The summed E-state index contributed by atoms with van der Waals surface area (Å²) in [6, 6.07) is 0.663. The number of carbonyl (C=O) groups is 2. The largest absolute Gasteiger partial charge is 0.481 e. The van der Waals surface area contributed by atoms with Crippen LogP contribution in [0.25, 0.3) is 0 Å². The molecule has 2 amide bonds. The van der Waals surface area contributed by atoms with Crippen LogP contribution in [-0.2, 0) is 4.79 Å². The summed E-state index contributed by atoms with van der Waals surface area (Å²) in [7, 11) is 0. The minimum atomic E-state index is -0.798. The van der Waals surface area contributed by atoms with Crippen LogP contribution in [0.4, 0.5) is 4.79 Å². The molecule has 2 N–H and O–H groups in total. The van der Waals surface area contributed by atoms with Crippen molar-refractivity contribution < 1.29 is 14.7 Å². The third kappa shape index (κ3) is 2.61. The van der Waals surface area contributed by atoms with Crippen LogP contribution < -0.4 is 5.32 Å². The van der Waals surface area contributed by atoms with Gasteiger partial charge in [0.05, 0.1) is 5.92 Å². The van der Waals surface area contributed by atoms with E-state index < -0.39 is 11.9 Å². The molecule has 3 rings (SSSR count). The average molecular weight is 281 g/mol. The lowest BCUT2D eigenvalue weighted by molar-refractivity contribution is -0.142. The Morgan fingerprint density at radius 2 is 1.90 bits per heavy atom. The zero-order chi connectivity index (χ0) is 14.3. The van der Waals surface area contributed by atoms with Gasteiger partial charge in [-0.3, -0.25) is 9.69 Å². The molecule has 0 radical (unpaired) electrons. The SMILES string of the molecule is CC1C(C(=O)O)CCN1C(=O)NC1CCN(C2CC2)C1. The molecule has 0 aromatic carbocycles. The quantitative estimate of drug-likeness (QED) is 0.800. The Morgan fingerprint density at radius 3 is 2.50 bits per heavy atom. The molecule has 0 spiro atoms. The van der Waals surface area contributed by atoms with Crippen molar-refractivity contribution in [3.8, 4) is 0 Å². The van der Waals surface area contributed by atoms with E-state index in [1.54, 1.807) is 4.90 Å². The lowest BCUT2D eigenvalue weighted by Gasteiger charge is -2.25. The van der Waals surface area contributed by atoms with Crippen LogP contribution in [0.5, 0.6) is 0 Å². The van der Waals surface area contributed by atoms with Gasteiger partial charge in [0.15, 0.2) is 0 Å². The minimum absolute atomic E-state index is 0.0936. The molecule has 6 nitrogen and oxygen atoms in total. The van der Waals surface area contributed by atoms with Crippen molar-refractivity contribution >= 4 is 12.0 Å². The Balaban J connectivity index is 1.51. The first-order valence-electron chi connectivity index (χ1n) is 7.60. The third-order valence-corrected chi connectivity index (χ3v) is 4.94. The number of carbonyl (C=O) groups excluding carboxylic acids is 1. The van der Waals surface area contributed by atoms with E-state index >= 15 is 0 Å². The van der Waals surface area contributed by atoms with Gasteiger partial charge in [-0.05, 0) is 32.6 Å². The molecular formula is C14H23N3O3. The first-order valence-corrected chi connectivity index (χ1v) is 7.60. The zero-order valence-corrected chi connectivity index (χ0v) is 11.9. The Morgan fingerprint density at radius 1 is 1.15 bits per heavy atom. The highest BCUT2D eigenvalue weighted by molar-refractivity contribution is 5.78. The van der Waals surface area contributed by atoms with Crippen LogP contribution in [0.3, 0.4) is 0 Å². The summed E-state index contributed by atoms with van der Waals surface area (Å²) in [5.41, 5.74) is 0. The number of carboxylic acids is 1. The number of rotatable bonds is 3. The molecule has 3 unspecified atom stereocenters. The van der Waals surface area contributed by atoms with E-state index in [-0.39, 0.29) is 18.1 Å². The molecule has 0 bridgehead atoms. The second-order valence-electron chi connectivity index (χ2n) is 6.33. The number of likely N-dealkylation sites (tertiary alicyclic amines) is 2. The van der Waals surface area contributed by atoms with Gasteiger partial charge in [-0.25, -0.2) is 4.79 Å². The molecule has 112 valence electrons. The van der Waals surface area contributed by atoms with Gasteiger partial charge in [-0.2, -0.15) is 0 Å². The second kappa shape index (κ2) is 5.24. The maximum Gasteiger partial charge on any atom is 0.317 e. The van der Waals surface area contributed by atoms with Gasteiger partial charge in [0.2, 0.25) is 0 Å². The Hall–Kier alpha value is -1.30. The van der Waals surface area contributed by atoms with E-state index in [4.69, 9.17) is 5.11 Å². The Bertz CT molecular complexity index is 410. The number of carboxylic acid groups (broad SMARTS) is 1. The first kappa shape index (κ1) is 13.7. The Kier molecular flexibility index (Phi) is 3.58. The fraction of sp³-hybridized carbons (Fsp3) is 0.857. The highest BCUT2D eigenvalue weighted by Crippen LogP contribution is 2.30. The van der Waals surface area contributed by atoms with E-state index in [0.29, 0.717) is 13.0 Å². The van der Waals surface area contributed by atoms with E-state index in [9.17, 15) is 9.59 Å². The van der Waals surface area contributed by atoms with Gasteiger partial charge in [0.1, 0.15) is 0 Å². The van der Waals surface area contributed by atoms with Crippen molar-refractivity contribution in [2.24, 2.45) is 5.92 Å². The number of aliphatic carboxylic acids is 1. The Labute approximate surface area is 119 Å². The normalized spacial score (nSPS) is 34.5. The van der Waals surface area contributed by atoms with Crippen LogP contribution in [0.2, 0.25) is 0 Å². The number of urea groups is 1. The summed E-state index contributed by atoms with van der Waals surface area (Å²) in [6.45, 7) is 4.39. The van der Waals surface area contributed by atoms with Gasteiger partial charge in [0.25, 0.3) is 0 Å². The highest BCUT2D eigenvalue weighted by Gasteiger charge is 2.40. The predicted octanol–water partition coefficient (Wildman–Crippen LogP) is 0.728. The first-order chi connectivity index (χ1) is 9.56. The van der Waals surface area contributed by atoms with E-state index in [0.717, 1.165) is 25.6 Å². The number of amides is 2. The number of hydrogen-bond acceptors (Lipinski definition) is 3. The average Bonchev–Trinajstić information content (AvgIpc) is 3.02. The summed E-state index contributed by atoms with van der Waals surface area (Å²) in [6.07, 6.45) is 4.16. The van der Waals surface area contributed by atoms with E-state index in [1.807, 2.05) is 6.92 Å². The van der Waals surface area contributed by atoms with E-state index in [2.05, 4.69) is 10.2 Å². The summed E-state index contributed by atoms with van der Waals surface area (Å²) in [5.74, 6) is -1.22. The van der Waals surface area contributed by atoms with Gasteiger partial charge in [0, 0.05) is 37.8 Å². The maximum atomic E-state index is 12.3. The molecule has 20 heavy (non-hydrogen) atoms. The van der Waals surface area contributed by atoms with Crippen molar-refractivity contribution in [2.45, 2.75) is 50.7 Å². The van der Waals surface area contributed by atoms with Gasteiger partial charge >= 0.3 is 12.0 Å². The molecule has 0 aromatic rings. The fourth-order valence-corrected chi connectivity index (χ4v) is 3.49. The molecule has 2 saturated heterocycles. The fourth-order valence-electron chi connectivity index (χ4n) is 3.49. The lowest BCUT2D eigenvalue weighted by atomic mass is 10.0. The summed E-state index contributed by atoms with van der Waals surface area (Å²) < 4.78 is 0. The molecule has 0 aromatic heterocycles. The number of nitrogens with zero attached hydrogens (tertiary/aromatic N) is 2. The van der Waals surface area contributed by atoms with Gasteiger partial charge in [-0.15, -0.1) is 0 Å². The zero-order valence-electron chi connectivity index (χ0n) is 11.9. The number of hydrogen-bond donors (Lipinski definition) is 2. The summed E-state index contributed by atoms with van der Waals surface area (Å²) in [5, 5.41) is 12.2. The van der Waals surface area contributed by atoms with Gasteiger partial charge in [-0.1, -0.05) is 0 Å². The predicted molar refractivity (Wildman–Crippen MR) is 73.4 cm³/mol. The van der Waals surface area contributed by atoms with Crippen molar-refractivity contribution in [3.05, 3.63) is 0 Å². The van der Waals surface area contributed by atoms with Crippen LogP contribution in [0, 0.1) is 5.92 Å². The van der Waals surface area contributed by atoms with Crippen molar-refractivity contribution in [1.29, 1.82) is 0 Å². The topological polar surface area (TPSA) is 72.9 Å². The summed E-state index contributed by atoms with van der Waals surface area (Å²) in [4.78, 5) is 27.5. The van der Waals surface area contributed by atoms with Crippen molar-refractivity contribution in [1.82, 2.24) is 15.1 Å².